The van der Waals surface area contributed by atoms with E-state index in [0.29, 0.717) is 0 Å². The van der Waals surface area contributed by atoms with Crippen LogP contribution in [0.3, 0.4) is 0 Å². The average molecular weight is 733 g/mol. The monoisotopic (exact) mass is 732 g/mol. The lowest BCUT2D eigenvalue weighted by atomic mass is 10.4. The van der Waals surface area contributed by atoms with Crippen LogP contribution in [0.5, 0.6) is 0 Å². The quantitative estimate of drug-likeness (QED) is 0.122. The lowest BCUT2D eigenvalue weighted by Gasteiger charge is -2.25. The second-order valence-corrected chi connectivity index (χ2v) is 19.5. The molecule has 0 bridgehead atoms. The molecule has 0 fully saturated rings. The van der Waals surface area contributed by atoms with Crippen molar-refractivity contribution in [3.05, 3.63) is 97.1 Å². The maximum atomic E-state index is 12.3. The Balaban J connectivity index is 1.88. The van der Waals surface area contributed by atoms with Gasteiger partial charge in [-0.3, -0.25) is 18.2 Å². The van der Waals surface area contributed by atoms with Crippen molar-refractivity contribution < 1.29 is 51.9 Å². The molecule has 0 aliphatic rings. The third-order valence-corrected chi connectivity index (χ3v) is 16.2. The van der Waals surface area contributed by atoms with E-state index < -0.39 is 75.9 Å². The van der Waals surface area contributed by atoms with E-state index in [1.54, 1.807) is 0 Å². The first kappa shape index (κ1) is 35.2. The highest BCUT2D eigenvalue weighted by molar-refractivity contribution is 7.89. The molecule has 18 heteroatoms. The fourth-order valence-electron chi connectivity index (χ4n) is 4.72. The van der Waals surface area contributed by atoms with Crippen molar-refractivity contribution in [2.45, 2.75) is 26.0 Å². The van der Waals surface area contributed by atoms with Crippen LogP contribution < -0.4 is 21.2 Å². The Labute approximate surface area is 263 Å². The highest BCUT2D eigenvalue weighted by Gasteiger charge is 2.30. The van der Waals surface area contributed by atoms with Gasteiger partial charge in [-0.25, -0.2) is 0 Å². The fraction of sp³-hybridized carbons (Fsp3) is 0.111. The van der Waals surface area contributed by atoms with Crippen LogP contribution in [-0.2, 0) is 40.5 Å². The first-order valence-electron chi connectivity index (χ1n) is 12.7. The molecule has 4 rings (SSSR count). The van der Waals surface area contributed by atoms with Crippen LogP contribution in [0, 0.1) is 0 Å². The van der Waals surface area contributed by atoms with Crippen LogP contribution in [0.25, 0.3) is 0 Å². The molecule has 4 N–H and O–H groups in total. The highest BCUT2D eigenvalue weighted by atomic mass is 32.2. The van der Waals surface area contributed by atoms with Gasteiger partial charge in [0.05, 0.1) is 0 Å². The molecular weight excluding hydrogens is 707 g/mol. The number of hydrogen-bond donors (Lipinski definition) is 4. The SMILES string of the molecule is O=S(=O)(O)c1ccccc1P(CCCP(c1ccccc1S(=O)(=O)O)c1ccccc1S(=O)(=O)O)c1ccccc1S(=O)(=O)O. The Morgan fingerprint density at radius 1 is 0.378 bits per heavy atom. The molecule has 0 amide bonds. The van der Waals surface area contributed by atoms with Gasteiger partial charge in [-0.2, -0.15) is 33.7 Å². The van der Waals surface area contributed by atoms with Crippen LogP contribution in [0.1, 0.15) is 6.42 Å². The molecule has 0 aliphatic heterocycles. The largest absolute Gasteiger partial charge is 0.295 e. The van der Waals surface area contributed by atoms with Crippen LogP contribution in [-0.4, -0.2) is 64.2 Å². The molecule has 0 saturated carbocycles. The van der Waals surface area contributed by atoms with E-state index in [1.165, 1.54) is 72.8 Å². The molecule has 4 aromatic rings. The highest BCUT2D eigenvalue weighted by Crippen LogP contribution is 2.43. The van der Waals surface area contributed by atoms with Crippen LogP contribution >= 0.6 is 15.8 Å². The molecule has 0 unspecified atom stereocenters. The number of rotatable bonds is 12. The topological polar surface area (TPSA) is 217 Å². The second-order valence-electron chi connectivity index (χ2n) is 9.43. The molecule has 0 spiro atoms. The zero-order valence-corrected chi connectivity index (χ0v) is 28.0. The zero-order chi connectivity index (χ0) is 33.2. The van der Waals surface area contributed by atoms with Gasteiger partial charge in [-0.1, -0.05) is 72.8 Å². The Hall–Kier alpha value is -2.62. The van der Waals surface area contributed by atoms with Gasteiger partial charge in [-0.15, -0.1) is 0 Å². The van der Waals surface area contributed by atoms with Crippen molar-refractivity contribution in [3.8, 4) is 0 Å². The molecule has 0 radical (unpaired) electrons. The van der Waals surface area contributed by atoms with Gasteiger partial charge in [-0.05, 0) is 58.9 Å². The molecule has 0 aliphatic carbocycles. The summed E-state index contributed by atoms with van der Waals surface area (Å²) in [5.41, 5.74) is 0. The first-order chi connectivity index (χ1) is 20.9. The molecule has 0 saturated heterocycles. The second kappa shape index (κ2) is 13.6. The summed E-state index contributed by atoms with van der Waals surface area (Å²) in [6.45, 7) is 0. The Bertz CT molecular complexity index is 1860. The van der Waals surface area contributed by atoms with E-state index in [9.17, 15) is 51.9 Å². The van der Waals surface area contributed by atoms with Gasteiger partial charge in [0.25, 0.3) is 40.5 Å². The van der Waals surface area contributed by atoms with Crippen molar-refractivity contribution in [2.24, 2.45) is 0 Å². The fourth-order valence-corrected chi connectivity index (χ4v) is 14.9. The number of benzene rings is 4. The lowest BCUT2D eigenvalue weighted by molar-refractivity contribution is 0.481. The maximum Gasteiger partial charge on any atom is 0.295 e. The van der Waals surface area contributed by atoms with Gasteiger partial charge in [0.1, 0.15) is 19.6 Å². The molecule has 0 aromatic heterocycles. The summed E-state index contributed by atoms with van der Waals surface area (Å²) in [6.07, 6.45) is 0.140. The first-order valence-corrected chi connectivity index (χ1v) is 21.5. The summed E-state index contributed by atoms with van der Waals surface area (Å²) in [6, 6.07) is 21.6. The van der Waals surface area contributed by atoms with Crippen molar-refractivity contribution >= 4 is 77.5 Å². The third-order valence-electron chi connectivity index (χ3n) is 6.50. The van der Waals surface area contributed by atoms with Gasteiger partial charge >= 0.3 is 0 Å². The summed E-state index contributed by atoms with van der Waals surface area (Å²) < 4.78 is 139. The smallest absolute Gasteiger partial charge is 0.282 e. The predicted octanol–water partition coefficient (Wildman–Crippen LogP) is 2.63. The zero-order valence-electron chi connectivity index (χ0n) is 22.9. The normalized spacial score (nSPS) is 12.9. The molecule has 0 heterocycles. The minimum Gasteiger partial charge on any atom is -0.282 e. The van der Waals surface area contributed by atoms with Gasteiger partial charge < -0.3 is 0 Å². The summed E-state index contributed by atoms with van der Waals surface area (Å²) in [5.74, 6) is 0. The number of hydrogen-bond acceptors (Lipinski definition) is 8. The Kier molecular flexibility index (Phi) is 10.7. The minimum absolute atomic E-state index is 0.0231. The molecule has 0 atom stereocenters. The van der Waals surface area contributed by atoms with Gasteiger partial charge in [0.15, 0.2) is 0 Å². The average Bonchev–Trinajstić information content (AvgIpc) is 2.96. The third kappa shape index (κ3) is 8.40. The summed E-state index contributed by atoms with van der Waals surface area (Å²) in [4.78, 5) is -1.90. The predicted molar refractivity (Wildman–Crippen MR) is 172 cm³/mol. The molecule has 240 valence electrons. The van der Waals surface area contributed by atoms with Crippen molar-refractivity contribution in [1.29, 1.82) is 0 Å². The van der Waals surface area contributed by atoms with Crippen LogP contribution in [0.4, 0.5) is 0 Å². The molecule has 4 aromatic carbocycles. The molecule has 12 nitrogen and oxygen atoms in total. The Morgan fingerprint density at radius 2 is 0.578 bits per heavy atom. The minimum atomic E-state index is -4.79. The summed E-state index contributed by atoms with van der Waals surface area (Å²) >= 11 is 0. The summed E-state index contributed by atoms with van der Waals surface area (Å²) in [7, 11) is -23.1. The van der Waals surface area contributed by atoms with Crippen molar-refractivity contribution in [3.63, 3.8) is 0 Å². The van der Waals surface area contributed by atoms with E-state index in [2.05, 4.69) is 0 Å². The van der Waals surface area contributed by atoms with E-state index in [4.69, 9.17) is 0 Å². The Morgan fingerprint density at radius 3 is 0.778 bits per heavy atom. The molecule has 45 heavy (non-hydrogen) atoms. The van der Waals surface area contributed by atoms with Crippen molar-refractivity contribution in [1.82, 2.24) is 0 Å². The van der Waals surface area contributed by atoms with Crippen LogP contribution in [0.2, 0.25) is 0 Å². The molecular formula is C27H26O12P2S4. The van der Waals surface area contributed by atoms with E-state index in [0.717, 1.165) is 24.3 Å². The maximum absolute atomic E-state index is 12.3. The standard InChI is InChI=1S/C27H26O12P2S4/c28-42(29,30)24-14-5-1-10-20(24)40(21-11-2-6-15-25(21)43(31,32)33)18-9-19-41(22-12-3-7-16-26(22)44(34,35)36)23-13-4-8-17-27(23)45(37,38)39/h1-8,10-17H,9,18-19H2,(H,28,29,30)(H,31,32,33)(H,34,35,36)(H,37,38,39). The van der Waals surface area contributed by atoms with E-state index >= 15 is 0 Å². The van der Waals surface area contributed by atoms with Crippen molar-refractivity contribution in [2.75, 3.05) is 12.3 Å². The van der Waals surface area contributed by atoms with Gasteiger partial charge in [0, 0.05) is 21.2 Å². The lowest BCUT2D eigenvalue weighted by Crippen LogP contribution is -2.26. The van der Waals surface area contributed by atoms with Crippen LogP contribution in [0.15, 0.2) is 117 Å². The van der Waals surface area contributed by atoms with Gasteiger partial charge in [0.2, 0.25) is 0 Å². The van der Waals surface area contributed by atoms with E-state index in [-0.39, 0.29) is 40.0 Å². The summed E-state index contributed by atoms with van der Waals surface area (Å²) in [5, 5.41) is 0.304. The van der Waals surface area contributed by atoms with E-state index in [1.807, 2.05) is 0 Å².